The Morgan fingerprint density at radius 3 is 2.75 bits per heavy atom. The first-order valence-corrected chi connectivity index (χ1v) is 8.78. The first-order valence-electron chi connectivity index (χ1n) is 6.04. The van der Waals surface area contributed by atoms with Crippen molar-refractivity contribution in [2.24, 2.45) is 0 Å². The highest BCUT2D eigenvalue weighted by molar-refractivity contribution is 7.89. The van der Waals surface area contributed by atoms with Crippen LogP contribution >= 0.6 is 22.9 Å². The summed E-state index contributed by atoms with van der Waals surface area (Å²) in [6.07, 6.45) is 0.870. The molecule has 0 aliphatic heterocycles. The van der Waals surface area contributed by atoms with Crippen LogP contribution in [0.4, 0.5) is 5.69 Å². The van der Waals surface area contributed by atoms with Gasteiger partial charge in [0.25, 0.3) is 0 Å². The van der Waals surface area contributed by atoms with Gasteiger partial charge >= 0.3 is 0 Å². The van der Waals surface area contributed by atoms with Gasteiger partial charge in [-0.3, -0.25) is 0 Å². The van der Waals surface area contributed by atoms with Crippen LogP contribution in [-0.2, 0) is 23.0 Å². The largest absolute Gasteiger partial charge is 0.398 e. The summed E-state index contributed by atoms with van der Waals surface area (Å²) in [7, 11) is -3.72. The Hall–Kier alpha value is -1.08. The van der Waals surface area contributed by atoms with Crippen molar-refractivity contribution in [3.63, 3.8) is 0 Å². The van der Waals surface area contributed by atoms with E-state index in [2.05, 4.69) is 4.72 Å². The number of nitrogens with one attached hydrogen (secondary N) is 1. The van der Waals surface area contributed by atoms with Gasteiger partial charge in [-0.25, -0.2) is 13.1 Å². The molecule has 1 aromatic carbocycles. The minimum absolute atomic E-state index is 0.0590. The molecule has 20 heavy (non-hydrogen) atoms. The van der Waals surface area contributed by atoms with E-state index in [1.807, 2.05) is 18.4 Å². The molecular weight excluding hydrogens is 316 g/mol. The Bertz CT molecular complexity index is 691. The van der Waals surface area contributed by atoms with Crippen molar-refractivity contribution < 1.29 is 8.42 Å². The molecule has 2 rings (SSSR count). The number of hydrogen-bond donors (Lipinski definition) is 2. The molecule has 0 aliphatic rings. The number of rotatable bonds is 5. The van der Waals surface area contributed by atoms with Gasteiger partial charge in [0, 0.05) is 11.4 Å². The van der Waals surface area contributed by atoms with E-state index >= 15 is 0 Å². The summed E-state index contributed by atoms with van der Waals surface area (Å²) in [6, 6.07) is 6.64. The van der Waals surface area contributed by atoms with Crippen molar-refractivity contribution in [2.75, 3.05) is 5.73 Å². The van der Waals surface area contributed by atoms with E-state index in [0.717, 1.165) is 16.9 Å². The number of nitrogens with two attached hydrogens (primary N) is 1. The fraction of sp³-hybridized carbons (Fsp3) is 0.231. The third-order valence-corrected chi connectivity index (χ3v) is 5.82. The summed E-state index contributed by atoms with van der Waals surface area (Å²) in [5.74, 6) is 0. The first kappa shape index (κ1) is 15.3. The molecular formula is C13H15ClN2O2S2. The van der Waals surface area contributed by atoms with Crippen LogP contribution in [0.2, 0.25) is 5.02 Å². The molecule has 0 saturated heterocycles. The van der Waals surface area contributed by atoms with Crippen molar-refractivity contribution in [3.8, 4) is 0 Å². The second-order valence-corrected chi connectivity index (χ2v) is 7.32. The Morgan fingerprint density at radius 2 is 2.10 bits per heavy atom. The highest BCUT2D eigenvalue weighted by Crippen LogP contribution is 2.27. The highest BCUT2D eigenvalue weighted by atomic mass is 35.5. The summed E-state index contributed by atoms with van der Waals surface area (Å²) in [5.41, 5.74) is 7.00. The normalized spacial score (nSPS) is 11.7. The summed E-state index contributed by atoms with van der Waals surface area (Å²) in [4.78, 5) is 0.943. The minimum atomic E-state index is -3.72. The Labute approximate surface area is 127 Å². The second kappa shape index (κ2) is 6.13. The van der Waals surface area contributed by atoms with Crippen LogP contribution < -0.4 is 10.5 Å². The molecule has 108 valence electrons. The molecule has 2 aromatic rings. The smallest absolute Gasteiger partial charge is 0.244 e. The third-order valence-electron chi connectivity index (χ3n) is 2.91. The number of sulfonamides is 1. The van der Waals surface area contributed by atoms with Gasteiger partial charge in [-0.05, 0) is 35.6 Å². The maximum absolute atomic E-state index is 12.3. The van der Waals surface area contributed by atoms with Gasteiger partial charge in [0.05, 0.1) is 10.7 Å². The van der Waals surface area contributed by atoms with Gasteiger partial charge in [0.1, 0.15) is 4.90 Å². The monoisotopic (exact) mass is 330 g/mol. The zero-order valence-corrected chi connectivity index (χ0v) is 13.3. The number of anilines is 1. The predicted molar refractivity (Wildman–Crippen MR) is 83.6 cm³/mol. The van der Waals surface area contributed by atoms with Gasteiger partial charge in [-0.2, -0.15) is 0 Å². The van der Waals surface area contributed by atoms with Crippen LogP contribution in [0.25, 0.3) is 0 Å². The Kier molecular flexibility index (Phi) is 4.70. The highest BCUT2D eigenvalue weighted by Gasteiger charge is 2.21. The lowest BCUT2D eigenvalue weighted by Crippen LogP contribution is -2.24. The molecule has 0 amide bonds. The quantitative estimate of drug-likeness (QED) is 0.828. The molecule has 0 aliphatic carbocycles. The van der Waals surface area contributed by atoms with Crippen molar-refractivity contribution in [1.82, 2.24) is 4.72 Å². The van der Waals surface area contributed by atoms with Crippen molar-refractivity contribution in [1.29, 1.82) is 0 Å². The van der Waals surface area contributed by atoms with Crippen molar-refractivity contribution >= 4 is 38.6 Å². The van der Waals surface area contributed by atoms with E-state index in [0.29, 0.717) is 0 Å². The number of nitrogen functional groups attached to an aromatic ring is 1. The lowest BCUT2D eigenvalue weighted by molar-refractivity contribution is 0.582. The average Bonchev–Trinajstić information content (AvgIpc) is 2.83. The van der Waals surface area contributed by atoms with Gasteiger partial charge in [0.15, 0.2) is 0 Å². The molecule has 0 radical (unpaired) electrons. The minimum Gasteiger partial charge on any atom is -0.398 e. The molecule has 0 saturated carbocycles. The van der Waals surface area contributed by atoms with Gasteiger partial charge < -0.3 is 5.73 Å². The van der Waals surface area contributed by atoms with Gasteiger partial charge in [-0.15, -0.1) is 11.3 Å². The molecule has 0 fully saturated rings. The molecule has 0 spiro atoms. The average molecular weight is 331 g/mol. The molecule has 1 aromatic heterocycles. The van der Waals surface area contributed by atoms with Gasteiger partial charge in [0.2, 0.25) is 10.0 Å². The summed E-state index contributed by atoms with van der Waals surface area (Å²) < 4.78 is 27.1. The number of aryl methyl sites for hydroxylation is 1. The fourth-order valence-corrected chi connectivity index (χ4v) is 4.55. The van der Waals surface area contributed by atoms with E-state index < -0.39 is 10.0 Å². The predicted octanol–water partition coefficient (Wildman–Crippen LogP) is 3.02. The third kappa shape index (κ3) is 3.15. The van der Waals surface area contributed by atoms with Crippen molar-refractivity contribution in [2.45, 2.75) is 24.8 Å². The first-order chi connectivity index (χ1) is 9.45. The van der Waals surface area contributed by atoms with Crippen LogP contribution in [0.1, 0.15) is 17.4 Å². The van der Waals surface area contributed by atoms with E-state index in [-0.39, 0.29) is 22.2 Å². The maximum atomic E-state index is 12.3. The molecule has 7 heteroatoms. The second-order valence-electron chi connectivity index (χ2n) is 4.21. The maximum Gasteiger partial charge on any atom is 0.244 e. The molecule has 3 N–H and O–H groups in total. The lowest BCUT2D eigenvalue weighted by Gasteiger charge is -2.10. The number of hydrogen-bond acceptors (Lipinski definition) is 4. The van der Waals surface area contributed by atoms with Crippen LogP contribution in [0.5, 0.6) is 0 Å². The summed E-state index contributed by atoms with van der Waals surface area (Å²) in [5, 5.41) is 2.08. The number of thiophene rings is 1. The van der Waals surface area contributed by atoms with Crippen LogP contribution in [0.3, 0.4) is 0 Å². The van der Waals surface area contributed by atoms with Crippen LogP contribution in [0.15, 0.2) is 34.5 Å². The van der Waals surface area contributed by atoms with Gasteiger partial charge in [-0.1, -0.05) is 24.6 Å². The molecule has 0 unspecified atom stereocenters. The van der Waals surface area contributed by atoms with E-state index in [9.17, 15) is 8.42 Å². The number of benzene rings is 1. The number of halogens is 1. The van der Waals surface area contributed by atoms with Crippen LogP contribution in [0, 0.1) is 0 Å². The molecule has 1 heterocycles. The molecule has 0 bridgehead atoms. The van der Waals surface area contributed by atoms with Crippen LogP contribution in [-0.4, -0.2) is 8.42 Å². The standard InChI is InChI=1S/C13H15ClN2O2S2/c1-2-9-6-7-19-12(9)8-16-20(17,18)13-10(14)4-3-5-11(13)15/h3-7,16H,2,8,15H2,1H3. The summed E-state index contributed by atoms with van der Waals surface area (Å²) >= 11 is 7.46. The van der Waals surface area contributed by atoms with E-state index in [4.69, 9.17) is 17.3 Å². The van der Waals surface area contributed by atoms with Crippen molar-refractivity contribution in [3.05, 3.63) is 45.1 Å². The SMILES string of the molecule is CCc1ccsc1CNS(=O)(=O)c1c(N)cccc1Cl. The van der Waals surface area contributed by atoms with E-state index in [1.165, 1.54) is 23.5 Å². The summed E-state index contributed by atoms with van der Waals surface area (Å²) in [6.45, 7) is 2.28. The zero-order valence-electron chi connectivity index (χ0n) is 10.9. The zero-order chi connectivity index (χ0) is 14.8. The Morgan fingerprint density at radius 1 is 1.35 bits per heavy atom. The molecule has 0 atom stereocenters. The molecule has 4 nitrogen and oxygen atoms in total. The lowest BCUT2D eigenvalue weighted by atomic mass is 10.2. The fourth-order valence-electron chi connectivity index (χ4n) is 1.88. The topological polar surface area (TPSA) is 72.2 Å². The Balaban J connectivity index is 2.24. The van der Waals surface area contributed by atoms with E-state index in [1.54, 1.807) is 6.07 Å².